The lowest BCUT2D eigenvalue weighted by Gasteiger charge is -2.19. The van der Waals surface area contributed by atoms with Crippen LogP contribution in [0.15, 0.2) is 22.5 Å². The van der Waals surface area contributed by atoms with Crippen LogP contribution in [0, 0.1) is 0 Å². The van der Waals surface area contributed by atoms with Crippen LogP contribution in [0.1, 0.15) is 0 Å². The summed E-state index contributed by atoms with van der Waals surface area (Å²) in [5.74, 6) is 0. The minimum absolute atomic E-state index is 0.893. The lowest BCUT2D eigenvalue weighted by Crippen LogP contribution is -2.19. The van der Waals surface area contributed by atoms with E-state index in [-0.39, 0.29) is 0 Å². The average molecular weight is 203 g/mol. The van der Waals surface area contributed by atoms with E-state index in [1.807, 2.05) is 26.4 Å². The maximum absolute atomic E-state index is 3.48. The van der Waals surface area contributed by atoms with Crippen molar-refractivity contribution in [2.75, 3.05) is 20.6 Å². The monoisotopic (exact) mass is 202 g/mol. The number of hydrogen-bond donors (Lipinski definition) is 1. The van der Waals surface area contributed by atoms with Crippen LogP contribution >= 0.6 is 15.9 Å². The van der Waals surface area contributed by atoms with Crippen LogP contribution in [-0.2, 0) is 0 Å². The Morgan fingerprint density at radius 3 is 2.70 bits per heavy atom. The Hall–Kier alpha value is -0.440. The Kier molecular flexibility index (Phi) is 2.38. The second kappa shape index (κ2) is 3.10. The van der Waals surface area contributed by atoms with E-state index in [0.717, 1.165) is 6.54 Å². The maximum atomic E-state index is 3.48. The smallest absolute Gasteiger partial charge is 0.0496 e. The minimum Gasteiger partial charge on any atom is -0.386 e. The molecule has 2 nitrogen and oxygen atoms in total. The van der Waals surface area contributed by atoms with Gasteiger partial charge >= 0.3 is 0 Å². The first-order valence-corrected chi connectivity index (χ1v) is 3.97. The highest BCUT2D eigenvalue weighted by atomic mass is 79.9. The molecule has 0 saturated carbocycles. The molecule has 0 bridgehead atoms. The van der Waals surface area contributed by atoms with E-state index in [1.54, 1.807) is 0 Å². The van der Waals surface area contributed by atoms with Gasteiger partial charge in [-0.2, -0.15) is 0 Å². The van der Waals surface area contributed by atoms with Gasteiger partial charge in [-0.25, -0.2) is 0 Å². The molecule has 0 unspecified atom stereocenters. The van der Waals surface area contributed by atoms with Crippen molar-refractivity contribution in [3.05, 3.63) is 22.5 Å². The van der Waals surface area contributed by atoms with E-state index in [9.17, 15) is 0 Å². The molecule has 0 aromatic carbocycles. The number of halogens is 1. The molecule has 1 aliphatic heterocycles. The molecule has 0 fully saturated rings. The molecule has 1 rings (SSSR count). The predicted molar refractivity (Wildman–Crippen MR) is 46.8 cm³/mol. The maximum Gasteiger partial charge on any atom is 0.0496 e. The van der Waals surface area contributed by atoms with Crippen LogP contribution in [0.4, 0.5) is 0 Å². The first-order chi connectivity index (χ1) is 4.72. The summed E-state index contributed by atoms with van der Waals surface area (Å²) < 4.78 is 1.21. The van der Waals surface area contributed by atoms with Gasteiger partial charge in [0.15, 0.2) is 0 Å². The number of allylic oxidation sites excluding steroid dienone is 1. The summed E-state index contributed by atoms with van der Waals surface area (Å²) >= 11 is 3.48. The highest BCUT2D eigenvalue weighted by molar-refractivity contribution is 9.11. The molecule has 10 heavy (non-hydrogen) atoms. The Labute approximate surface area is 69.7 Å². The van der Waals surface area contributed by atoms with E-state index in [1.165, 1.54) is 10.2 Å². The minimum atomic E-state index is 0.893. The molecule has 0 aromatic heterocycles. The van der Waals surface area contributed by atoms with Crippen LogP contribution in [0.2, 0.25) is 0 Å². The molecule has 0 atom stereocenters. The van der Waals surface area contributed by atoms with Crippen molar-refractivity contribution in [3.8, 4) is 0 Å². The summed E-state index contributed by atoms with van der Waals surface area (Å²) in [4.78, 5) is 2.08. The zero-order valence-corrected chi connectivity index (χ0v) is 7.77. The van der Waals surface area contributed by atoms with Gasteiger partial charge in [0, 0.05) is 30.8 Å². The number of nitrogens with one attached hydrogen (secondary N) is 1. The highest BCUT2D eigenvalue weighted by Gasteiger charge is 2.05. The predicted octanol–water partition coefficient (Wildman–Crippen LogP) is 1.27. The third-order valence-electron chi connectivity index (χ3n) is 1.38. The van der Waals surface area contributed by atoms with Gasteiger partial charge in [0.2, 0.25) is 0 Å². The number of hydrogen-bond acceptors (Lipinski definition) is 2. The molecule has 3 heteroatoms. The fraction of sp³-hybridized carbons (Fsp3) is 0.429. The molecule has 1 aliphatic rings. The summed E-state index contributed by atoms with van der Waals surface area (Å²) in [7, 11) is 4.07. The number of nitrogens with zero attached hydrogens (tertiary/aromatic N) is 1. The number of rotatable bonds is 1. The largest absolute Gasteiger partial charge is 0.386 e. The quantitative estimate of drug-likeness (QED) is 0.690. The van der Waals surface area contributed by atoms with E-state index in [4.69, 9.17) is 0 Å². The van der Waals surface area contributed by atoms with Crippen LogP contribution in [-0.4, -0.2) is 25.5 Å². The fourth-order valence-corrected chi connectivity index (χ4v) is 1.51. The number of likely N-dealkylation sites (N-methyl/N-ethyl adjacent to an activating group) is 1. The van der Waals surface area contributed by atoms with Crippen LogP contribution in [0.5, 0.6) is 0 Å². The Bertz CT molecular complexity index is 182. The molecule has 0 radical (unpaired) electrons. The van der Waals surface area contributed by atoms with Crippen LogP contribution in [0.3, 0.4) is 0 Å². The molecule has 1 N–H and O–H groups in total. The van der Waals surface area contributed by atoms with Gasteiger partial charge in [0.25, 0.3) is 0 Å². The van der Waals surface area contributed by atoms with Gasteiger partial charge < -0.3 is 10.2 Å². The first-order valence-electron chi connectivity index (χ1n) is 3.17. The molecule has 0 spiro atoms. The fourth-order valence-electron chi connectivity index (χ4n) is 0.859. The van der Waals surface area contributed by atoms with Gasteiger partial charge in [0.05, 0.1) is 0 Å². The molecule has 0 saturated heterocycles. The van der Waals surface area contributed by atoms with Gasteiger partial charge in [-0.05, 0) is 12.3 Å². The average Bonchev–Trinajstić information content (AvgIpc) is 1.88. The van der Waals surface area contributed by atoms with Gasteiger partial charge in [0.1, 0.15) is 0 Å². The molecule has 0 aliphatic carbocycles. The summed E-state index contributed by atoms with van der Waals surface area (Å²) in [6.07, 6.45) is 4.01. The molecular formula is C7H11BrN2. The zero-order chi connectivity index (χ0) is 7.56. The molecule has 1 heterocycles. The lowest BCUT2D eigenvalue weighted by atomic mass is 10.3. The topological polar surface area (TPSA) is 15.3 Å². The third-order valence-corrected chi connectivity index (χ3v) is 2.06. The summed E-state index contributed by atoms with van der Waals surface area (Å²) in [6, 6.07) is 0. The second-order valence-electron chi connectivity index (χ2n) is 2.40. The third kappa shape index (κ3) is 1.53. The SMILES string of the molecule is CN(C)C1=C(Br)CNC=C1. The Balaban J connectivity index is 2.79. The van der Waals surface area contributed by atoms with Crippen LogP contribution in [0.25, 0.3) is 0 Å². The van der Waals surface area contributed by atoms with Crippen molar-refractivity contribution < 1.29 is 0 Å². The van der Waals surface area contributed by atoms with Crippen molar-refractivity contribution in [2.24, 2.45) is 0 Å². The van der Waals surface area contributed by atoms with Crippen molar-refractivity contribution in [1.29, 1.82) is 0 Å². The number of dihydropyridines is 1. The standard InChI is InChI=1S/C7H11BrN2/c1-10(2)7-3-4-9-5-6(7)8/h3-4,9H,5H2,1-2H3. The summed E-state index contributed by atoms with van der Waals surface area (Å²) in [6.45, 7) is 0.893. The van der Waals surface area contributed by atoms with Gasteiger partial charge in [-0.1, -0.05) is 15.9 Å². The van der Waals surface area contributed by atoms with Gasteiger partial charge in [-0.3, -0.25) is 0 Å². The Morgan fingerprint density at radius 2 is 2.30 bits per heavy atom. The molecule has 56 valence electrons. The van der Waals surface area contributed by atoms with E-state index in [0.29, 0.717) is 0 Å². The summed E-state index contributed by atoms with van der Waals surface area (Å²) in [5.41, 5.74) is 1.23. The van der Waals surface area contributed by atoms with E-state index < -0.39 is 0 Å². The van der Waals surface area contributed by atoms with Crippen molar-refractivity contribution in [2.45, 2.75) is 0 Å². The highest BCUT2D eigenvalue weighted by Crippen LogP contribution is 2.16. The van der Waals surface area contributed by atoms with E-state index in [2.05, 4.69) is 26.1 Å². The second-order valence-corrected chi connectivity index (χ2v) is 3.36. The zero-order valence-electron chi connectivity index (χ0n) is 6.19. The summed E-state index contributed by atoms with van der Waals surface area (Å²) in [5, 5.41) is 3.11. The van der Waals surface area contributed by atoms with Gasteiger partial charge in [-0.15, -0.1) is 0 Å². The van der Waals surface area contributed by atoms with Crippen LogP contribution < -0.4 is 5.32 Å². The van der Waals surface area contributed by atoms with Crippen molar-refractivity contribution in [3.63, 3.8) is 0 Å². The molecular weight excluding hydrogens is 192 g/mol. The molecule has 0 aromatic rings. The normalized spacial score (nSPS) is 17.1. The van der Waals surface area contributed by atoms with E-state index >= 15 is 0 Å². The molecule has 0 amide bonds. The lowest BCUT2D eigenvalue weighted by molar-refractivity contribution is 0.522. The Morgan fingerprint density at radius 1 is 1.60 bits per heavy atom. The first kappa shape index (κ1) is 7.66. The van der Waals surface area contributed by atoms with Crippen molar-refractivity contribution >= 4 is 15.9 Å². The van der Waals surface area contributed by atoms with Crippen molar-refractivity contribution in [1.82, 2.24) is 10.2 Å².